The van der Waals surface area contributed by atoms with Crippen molar-refractivity contribution in [3.8, 4) is 0 Å². The van der Waals surface area contributed by atoms with Crippen LogP contribution in [0.2, 0.25) is 18.6 Å². The van der Waals surface area contributed by atoms with E-state index in [2.05, 4.69) is 87.7 Å². The van der Waals surface area contributed by atoms with E-state index in [1.54, 1.807) is 4.35 Å². The molecule has 0 amide bonds. The summed E-state index contributed by atoms with van der Waals surface area (Å²) in [5.74, 6) is 0. The molecule has 1 heterocycles. The number of benzene rings is 3. The third-order valence-electron chi connectivity index (χ3n) is 12.4. The second-order valence-corrected chi connectivity index (χ2v) is 25.3. The van der Waals surface area contributed by atoms with Gasteiger partial charge in [-0.2, -0.15) is 9.90 Å². The van der Waals surface area contributed by atoms with E-state index in [9.17, 15) is 0 Å². The molecule has 2 nitrogen and oxygen atoms in total. The molecule has 1 saturated heterocycles. The smallest absolute Gasteiger partial charge is 0.153 e. The summed E-state index contributed by atoms with van der Waals surface area (Å²) in [7, 11) is 0. The van der Waals surface area contributed by atoms with Gasteiger partial charge in [0.2, 0.25) is 0 Å². The summed E-state index contributed by atoms with van der Waals surface area (Å²) in [6.45, 7) is 14.7. The van der Waals surface area contributed by atoms with E-state index in [1.165, 1.54) is 147 Å². The van der Waals surface area contributed by atoms with Gasteiger partial charge in [-0.25, -0.2) is 0 Å². The molecular formula is C46H64Cl2N2PRu. The minimum atomic E-state index is -2.86. The minimum Gasteiger partial charge on any atom is -0.153 e. The van der Waals surface area contributed by atoms with Crippen molar-refractivity contribution >= 4 is 53.9 Å². The molecule has 52 heavy (non-hydrogen) atoms. The Hall–Kier alpha value is -1.50. The fraction of sp³-hybridized carbons (Fsp3) is 0.543. The van der Waals surface area contributed by atoms with E-state index in [1.807, 2.05) is 12.1 Å². The summed E-state index contributed by atoms with van der Waals surface area (Å²) in [6, 6.07) is 17.9. The molecule has 285 valence electrons. The maximum atomic E-state index is 7.86. The van der Waals surface area contributed by atoms with Crippen LogP contribution in [0.5, 0.6) is 0 Å². The number of halogens is 2. The fourth-order valence-electron chi connectivity index (χ4n) is 10.5. The minimum absolute atomic E-state index is 0. The van der Waals surface area contributed by atoms with Crippen LogP contribution < -0.4 is 9.80 Å². The summed E-state index contributed by atoms with van der Waals surface area (Å²) in [6.07, 6.45) is 21.1. The summed E-state index contributed by atoms with van der Waals surface area (Å²) < 4.78 is 4.21. The second kappa shape index (κ2) is 17.1. The standard InChI is InChI=1S/C28H28Cl2N2.3C6H11.H3P.Ru/c1-17-11-19(3)27(20(4)12-17)31-15-25(26(30)23-9-7-8-10-24(23)29)32(16-31)28-21(5)13-18(2)14-22(28)6;3*1-2-4-6-5-3-1;;/h7-14H,15H2,1-6H3;3*1H,2-6H2;1H3;. The number of anilines is 2. The SMILES string of the molecule is Cc1cc(C)c(N2CC(=C(Cl)c3ccccc3Cl)N(c3c(C)cc(C)cc3C)[C]2=[Ru]([CH]2CCCCC2)([CH]2CCCCC2)[CH]2CCCCC2)c(C)c1.P. The molecule has 0 aromatic heterocycles. The summed E-state index contributed by atoms with van der Waals surface area (Å²) >= 11 is 12.0. The molecule has 3 saturated carbocycles. The first-order chi connectivity index (χ1) is 24.6. The zero-order valence-corrected chi connectivity index (χ0v) is 37.5. The number of hydrogen-bond donors (Lipinski definition) is 0. The van der Waals surface area contributed by atoms with Gasteiger partial charge >= 0.3 is 324 Å². The van der Waals surface area contributed by atoms with Crippen molar-refractivity contribution in [2.75, 3.05) is 16.3 Å². The van der Waals surface area contributed by atoms with Crippen LogP contribution in [0.4, 0.5) is 11.4 Å². The molecule has 1 aliphatic heterocycles. The van der Waals surface area contributed by atoms with Gasteiger partial charge in [0.15, 0.2) is 0 Å². The van der Waals surface area contributed by atoms with Crippen molar-refractivity contribution in [3.63, 3.8) is 0 Å². The molecule has 1 atom stereocenters. The maximum Gasteiger partial charge on any atom is -0.153 e. The molecular weight excluding hydrogens is 783 g/mol. The molecule has 3 aliphatic carbocycles. The van der Waals surface area contributed by atoms with Crippen molar-refractivity contribution in [1.29, 1.82) is 0 Å². The molecule has 4 aliphatic rings. The van der Waals surface area contributed by atoms with Crippen LogP contribution in [0.15, 0.2) is 54.2 Å². The largest absolute Gasteiger partial charge is 0.153 e. The third-order valence-corrected chi connectivity index (χ3v) is 25.4. The van der Waals surface area contributed by atoms with E-state index >= 15 is 0 Å². The van der Waals surface area contributed by atoms with E-state index in [4.69, 9.17) is 23.2 Å². The summed E-state index contributed by atoms with van der Waals surface area (Å²) in [5, 5.41) is 1.54. The molecule has 7 rings (SSSR count). The zero-order chi connectivity index (χ0) is 35.9. The molecule has 0 N–H and O–H groups in total. The predicted molar refractivity (Wildman–Crippen MR) is 232 cm³/mol. The van der Waals surface area contributed by atoms with Crippen LogP contribution >= 0.6 is 33.1 Å². The van der Waals surface area contributed by atoms with Crippen molar-refractivity contribution in [3.05, 3.63) is 98.2 Å². The Balaban J connectivity index is 0.00000464. The van der Waals surface area contributed by atoms with Crippen LogP contribution in [-0.2, 0) is 14.3 Å². The number of rotatable bonds is 6. The zero-order valence-electron chi connectivity index (χ0n) is 32.9. The summed E-state index contributed by atoms with van der Waals surface area (Å²) in [4.78, 5) is 5.75. The second-order valence-electron chi connectivity index (χ2n) is 16.2. The molecule has 3 aromatic carbocycles. The average Bonchev–Trinajstić information content (AvgIpc) is 3.48. The fourth-order valence-corrected chi connectivity index (χ4v) is 25.9. The van der Waals surface area contributed by atoms with E-state index in [0.29, 0.717) is 0 Å². The van der Waals surface area contributed by atoms with Gasteiger partial charge in [0, 0.05) is 0 Å². The van der Waals surface area contributed by atoms with E-state index < -0.39 is 14.3 Å². The average molecular weight is 848 g/mol. The van der Waals surface area contributed by atoms with Gasteiger partial charge in [0.1, 0.15) is 0 Å². The Labute approximate surface area is 332 Å². The van der Waals surface area contributed by atoms with Gasteiger partial charge in [-0.15, -0.1) is 0 Å². The Morgan fingerprint density at radius 2 is 1.00 bits per heavy atom. The Kier molecular flexibility index (Phi) is 13.2. The van der Waals surface area contributed by atoms with Gasteiger partial charge in [-0.1, -0.05) is 0 Å². The van der Waals surface area contributed by atoms with Crippen molar-refractivity contribution < 1.29 is 14.3 Å². The topological polar surface area (TPSA) is 6.48 Å². The van der Waals surface area contributed by atoms with Crippen LogP contribution in [0.25, 0.3) is 5.03 Å². The molecule has 0 radical (unpaired) electrons. The Bertz CT molecular complexity index is 1750. The quantitative estimate of drug-likeness (QED) is 0.180. The Morgan fingerprint density at radius 1 is 0.596 bits per heavy atom. The van der Waals surface area contributed by atoms with Crippen molar-refractivity contribution in [2.24, 2.45) is 0 Å². The molecule has 6 heteroatoms. The first-order valence-corrected chi connectivity index (χ1v) is 24.7. The normalized spacial score (nSPS) is 21.0. The van der Waals surface area contributed by atoms with E-state index in [-0.39, 0.29) is 9.90 Å². The predicted octanol–water partition coefficient (Wildman–Crippen LogP) is 14.7. The first kappa shape index (κ1) is 40.2. The summed E-state index contributed by atoms with van der Waals surface area (Å²) in [5.41, 5.74) is 13.1. The van der Waals surface area contributed by atoms with Gasteiger partial charge in [0.25, 0.3) is 0 Å². The first-order valence-electron chi connectivity index (χ1n) is 20.0. The van der Waals surface area contributed by atoms with Gasteiger partial charge in [0.05, 0.1) is 0 Å². The van der Waals surface area contributed by atoms with Gasteiger partial charge in [-0.3, -0.25) is 0 Å². The van der Waals surface area contributed by atoms with Crippen LogP contribution in [-0.4, -0.2) is 10.9 Å². The molecule has 0 bridgehead atoms. The number of hydrogen-bond acceptors (Lipinski definition) is 2. The van der Waals surface area contributed by atoms with Gasteiger partial charge < -0.3 is 0 Å². The monoisotopic (exact) mass is 847 g/mol. The number of aryl methyl sites for hydroxylation is 6. The van der Waals surface area contributed by atoms with Crippen LogP contribution in [0.3, 0.4) is 0 Å². The van der Waals surface area contributed by atoms with Crippen LogP contribution in [0.1, 0.15) is 135 Å². The van der Waals surface area contributed by atoms with Crippen molar-refractivity contribution in [1.82, 2.24) is 0 Å². The molecule has 1 unspecified atom stereocenters. The third kappa shape index (κ3) is 7.41. The van der Waals surface area contributed by atoms with Crippen LogP contribution in [0, 0.1) is 41.5 Å². The molecule has 0 spiro atoms. The Morgan fingerprint density at radius 3 is 1.42 bits per heavy atom. The van der Waals surface area contributed by atoms with E-state index in [0.717, 1.165) is 35.7 Å². The van der Waals surface area contributed by atoms with Gasteiger partial charge in [-0.05, 0) is 0 Å². The number of nitrogens with zero attached hydrogens (tertiary/aromatic N) is 2. The maximum absolute atomic E-state index is 7.86. The van der Waals surface area contributed by atoms with Crippen molar-refractivity contribution in [2.45, 2.75) is 151 Å². The molecule has 4 fully saturated rings. The molecule has 3 aromatic rings.